The van der Waals surface area contributed by atoms with E-state index in [0.29, 0.717) is 0 Å². The van der Waals surface area contributed by atoms with Gasteiger partial charge in [0.25, 0.3) is 0 Å². The van der Waals surface area contributed by atoms with E-state index in [4.69, 9.17) is 0 Å². The summed E-state index contributed by atoms with van der Waals surface area (Å²) in [6.07, 6.45) is 8.59. The second-order valence-electron chi connectivity index (χ2n) is 3.16. The van der Waals surface area contributed by atoms with Crippen molar-refractivity contribution in [3.63, 3.8) is 0 Å². The normalized spacial score (nSPS) is 10.4. The van der Waals surface area contributed by atoms with E-state index in [2.05, 4.69) is 13.8 Å². The zero-order valence-corrected chi connectivity index (χ0v) is 9.16. The third-order valence-corrected chi connectivity index (χ3v) is 3.33. The van der Waals surface area contributed by atoms with Crippen LogP contribution in [0, 0.1) is 0 Å². The molecule has 0 bridgehead atoms. The van der Waals surface area contributed by atoms with E-state index >= 15 is 0 Å². The highest BCUT2D eigenvalue weighted by Crippen LogP contribution is 2.04. The van der Waals surface area contributed by atoms with Gasteiger partial charge in [0.05, 0.1) is 0 Å². The summed E-state index contributed by atoms with van der Waals surface area (Å²) >= 11 is 0. The lowest BCUT2D eigenvalue weighted by Gasteiger charge is -1.97. The fourth-order valence-corrected chi connectivity index (χ4v) is 2.46. The molecule has 0 aliphatic rings. The van der Waals surface area contributed by atoms with E-state index in [0.717, 1.165) is 0 Å². The van der Waals surface area contributed by atoms with Gasteiger partial charge < -0.3 is 0 Å². The van der Waals surface area contributed by atoms with Crippen LogP contribution < -0.4 is 0 Å². The van der Waals surface area contributed by atoms with E-state index in [1.807, 2.05) is 0 Å². The Bertz CT molecular complexity index is 53.9. The van der Waals surface area contributed by atoms with Crippen molar-refractivity contribution in [1.29, 1.82) is 0 Å². The first-order chi connectivity index (χ1) is 5.41. The van der Waals surface area contributed by atoms with E-state index in [1.54, 1.807) is 0 Å². The molecule has 0 unspecified atom stereocenters. The van der Waals surface area contributed by atoms with Gasteiger partial charge in [0.1, 0.15) is 0 Å². The molecule has 0 aromatic carbocycles. The minimum atomic E-state index is 1.25. The Morgan fingerprint density at radius 2 is 1.36 bits per heavy atom. The molecule has 0 fully saturated rings. The van der Waals surface area contributed by atoms with Gasteiger partial charge in [0.2, 0.25) is 0 Å². The molecule has 0 saturated carbocycles. The van der Waals surface area contributed by atoms with Crippen LogP contribution in [0.1, 0.15) is 52.4 Å². The van der Waals surface area contributed by atoms with Gasteiger partial charge in [0, 0.05) is 9.52 Å². The molecule has 66 valence electrons. The van der Waals surface area contributed by atoms with Crippen molar-refractivity contribution in [2.45, 2.75) is 64.5 Å². The molecule has 0 saturated heterocycles. The molecule has 0 N–H and O–H groups in total. The second-order valence-corrected chi connectivity index (χ2v) is 4.66. The lowest BCUT2D eigenvalue weighted by molar-refractivity contribution is 0.699. The van der Waals surface area contributed by atoms with Crippen LogP contribution in [0.4, 0.5) is 0 Å². The average Bonchev–Trinajstić information content (AvgIpc) is 2.03. The van der Waals surface area contributed by atoms with Crippen LogP contribution >= 0.6 is 0 Å². The maximum absolute atomic E-state index is 2.28. The number of hydrogen-bond acceptors (Lipinski definition) is 0. The van der Waals surface area contributed by atoms with Crippen molar-refractivity contribution < 1.29 is 0 Å². The maximum Gasteiger partial charge on any atom is 0.0378 e. The number of rotatable bonds is 8. The Labute approximate surface area is 74.6 Å². The Balaban J connectivity index is 2.69. The summed E-state index contributed by atoms with van der Waals surface area (Å²) in [5.74, 6) is 0. The van der Waals surface area contributed by atoms with Crippen molar-refractivity contribution in [3.8, 4) is 0 Å². The van der Waals surface area contributed by atoms with Gasteiger partial charge in [-0.3, -0.25) is 0 Å². The summed E-state index contributed by atoms with van der Waals surface area (Å²) in [4.78, 5) is 0. The molecule has 0 spiro atoms. The molecule has 0 aliphatic carbocycles. The van der Waals surface area contributed by atoms with Crippen molar-refractivity contribution in [2.75, 3.05) is 0 Å². The number of hydrogen-bond donors (Lipinski definition) is 0. The first-order valence-electron chi connectivity index (χ1n) is 5.12. The van der Waals surface area contributed by atoms with Gasteiger partial charge in [-0.05, 0) is 0 Å². The number of unbranched alkanes of at least 4 members (excludes halogenated alkanes) is 4. The first-order valence-corrected chi connectivity index (χ1v) is 6.54. The predicted molar refractivity (Wildman–Crippen MR) is 54.4 cm³/mol. The minimum Gasteiger partial charge on any atom is -0.0654 e. The van der Waals surface area contributed by atoms with Crippen molar-refractivity contribution in [1.82, 2.24) is 0 Å². The third kappa shape index (κ3) is 10.2. The van der Waals surface area contributed by atoms with Gasteiger partial charge in [0.15, 0.2) is 0 Å². The monoisotopic (exact) mass is 170 g/mol. The fraction of sp³-hybridized carbons (Fsp3) is 1.00. The van der Waals surface area contributed by atoms with Crippen LogP contribution in [0.3, 0.4) is 0 Å². The Kier molecular flexibility index (Phi) is 10.4. The lowest BCUT2D eigenvalue weighted by atomic mass is 10.2. The molecule has 2 radical (unpaired) electrons. The van der Waals surface area contributed by atoms with Gasteiger partial charge >= 0.3 is 0 Å². The predicted octanol–water partition coefficient (Wildman–Crippen LogP) is 3.91. The van der Waals surface area contributed by atoms with Crippen LogP contribution in [0.25, 0.3) is 0 Å². The van der Waals surface area contributed by atoms with Gasteiger partial charge in [-0.2, -0.15) is 0 Å². The Morgan fingerprint density at radius 3 is 2.00 bits per heavy atom. The topological polar surface area (TPSA) is 0 Å². The second kappa shape index (κ2) is 10.2. The average molecular weight is 170 g/mol. The maximum atomic E-state index is 2.28. The summed E-state index contributed by atoms with van der Waals surface area (Å²) < 4.78 is 0. The molecule has 0 amide bonds. The van der Waals surface area contributed by atoms with Gasteiger partial charge in [-0.15, -0.1) is 0 Å². The van der Waals surface area contributed by atoms with Crippen LogP contribution in [-0.2, 0) is 0 Å². The summed E-state index contributed by atoms with van der Waals surface area (Å²) in [5, 5.41) is 0. The fourth-order valence-electron chi connectivity index (χ4n) is 1.10. The highest BCUT2D eigenvalue weighted by molar-refractivity contribution is 6.35. The molecule has 0 rings (SSSR count). The molecular weight excluding hydrogens is 148 g/mol. The minimum absolute atomic E-state index is 1.25. The highest BCUT2D eigenvalue weighted by Gasteiger charge is 1.90. The van der Waals surface area contributed by atoms with Crippen molar-refractivity contribution in [3.05, 3.63) is 0 Å². The summed E-state index contributed by atoms with van der Waals surface area (Å²) in [7, 11) is 1.25. The molecule has 1 heteroatoms. The van der Waals surface area contributed by atoms with Crippen LogP contribution in [0.15, 0.2) is 0 Å². The van der Waals surface area contributed by atoms with E-state index in [1.165, 1.54) is 60.1 Å². The summed E-state index contributed by atoms with van der Waals surface area (Å²) in [6.45, 7) is 4.56. The highest BCUT2D eigenvalue weighted by atomic mass is 28.2. The lowest BCUT2D eigenvalue weighted by Crippen LogP contribution is -1.88. The molecular formula is C10H22Si. The summed E-state index contributed by atoms with van der Waals surface area (Å²) in [5.41, 5.74) is 0. The SMILES string of the molecule is CCCCCC[Si]CCCC. The molecule has 11 heavy (non-hydrogen) atoms. The van der Waals surface area contributed by atoms with E-state index < -0.39 is 0 Å². The quantitative estimate of drug-likeness (QED) is 0.383. The molecule has 0 aromatic rings. The molecule has 0 aliphatic heterocycles. The van der Waals surface area contributed by atoms with Crippen LogP contribution in [0.2, 0.25) is 12.1 Å². The first kappa shape index (κ1) is 11.2. The molecule has 0 nitrogen and oxygen atoms in total. The van der Waals surface area contributed by atoms with Gasteiger partial charge in [-0.1, -0.05) is 64.5 Å². The Hall–Kier alpha value is 0.217. The molecule has 0 aromatic heterocycles. The van der Waals surface area contributed by atoms with E-state index in [9.17, 15) is 0 Å². The van der Waals surface area contributed by atoms with Crippen molar-refractivity contribution >= 4 is 9.52 Å². The Morgan fingerprint density at radius 1 is 0.727 bits per heavy atom. The van der Waals surface area contributed by atoms with Gasteiger partial charge in [-0.25, -0.2) is 0 Å². The van der Waals surface area contributed by atoms with Crippen molar-refractivity contribution in [2.24, 2.45) is 0 Å². The zero-order chi connectivity index (χ0) is 8.36. The summed E-state index contributed by atoms with van der Waals surface area (Å²) in [6, 6.07) is 2.99. The largest absolute Gasteiger partial charge is 0.0654 e. The van der Waals surface area contributed by atoms with Crippen LogP contribution in [-0.4, -0.2) is 9.52 Å². The smallest absolute Gasteiger partial charge is 0.0378 e. The molecule has 0 atom stereocenters. The van der Waals surface area contributed by atoms with Crippen LogP contribution in [0.5, 0.6) is 0 Å². The zero-order valence-electron chi connectivity index (χ0n) is 8.16. The third-order valence-electron chi connectivity index (χ3n) is 1.91. The standard InChI is InChI=1S/C10H22Si/c1-3-5-7-8-10-11-9-6-4-2/h3-10H2,1-2H3. The molecule has 0 heterocycles. The van der Waals surface area contributed by atoms with E-state index in [-0.39, 0.29) is 0 Å².